The molecule has 1 atom stereocenters. The number of pyridine rings is 1. The lowest BCUT2D eigenvalue weighted by Crippen LogP contribution is -2.32. The lowest BCUT2D eigenvalue weighted by Gasteiger charge is -2.21. The van der Waals surface area contributed by atoms with Crippen molar-refractivity contribution in [3.8, 4) is 6.07 Å². The Morgan fingerprint density at radius 1 is 1.33 bits per heavy atom. The molecule has 1 unspecified atom stereocenters. The molecule has 1 aliphatic rings. The van der Waals surface area contributed by atoms with Gasteiger partial charge in [-0.1, -0.05) is 25.7 Å². The van der Waals surface area contributed by atoms with Crippen molar-refractivity contribution in [3.63, 3.8) is 0 Å². The van der Waals surface area contributed by atoms with E-state index in [2.05, 4.69) is 16.4 Å². The summed E-state index contributed by atoms with van der Waals surface area (Å²) < 4.78 is 0. The van der Waals surface area contributed by atoms with Crippen molar-refractivity contribution >= 4 is 0 Å². The summed E-state index contributed by atoms with van der Waals surface area (Å²) in [5.74, 6) is 0. The standard InChI is InChI=1S/C15H21N3/c1-12-8-9-17-11-14(12)15(10-16)18-13-6-4-2-3-5-7-13/h8-9,11,13,15,18H,2-7H2,1H3. The maximum atomic E-state index is 9.36. The van der Waals surface area contributed by atoms with Crippen LogP contribution in [0.3, 0.4) is 0 Å². The van der Waals surface area contributed by atoms with Gasteiger partial charge in [-0.3, -0.25) is 10.3 Å². The van der Waals surface area contributed by atoms with Gasteiger partial charge in [0.1, 0.15) is 6.04 Å². The van der Waals surface area contributed by atoms with E-state index in [-0.39, 0.29) is 6.04 Å². The normalized spacial score (nSPS) is 18.9. The molecule has 1 N–H and O–H groups in total. The predicted molar refractivity (Wildman–Crippen MR) is 72.0 cm³/mol. The Morgan fingerprint density at radius 2 is 2.06 bits per heavy atom. The molecule has 1 fully saturated rings. The predicted octanol–water partition coefficient (Wildman–Crippen LogP) is 3.27. The molecule has 3 heteroatoms. The van der Waals surface area contributed by atoms with Crippen LogP contribution in [0, 0.1) is 18.3 Å². The third-order valence-corrected chi connectivity index (χ3v) is 3.78. The molecule has 0 bridgehead atoms. The molecule has 0 spiro atoms. The summed E-state index contributed by atoms with van der Waals surface area (Å²) in [7, 11) is 0. The summed E-state index contributed by atoms with van der Waals surface area (Å²) in [6, 6.07) is 4.61. The first-order chi connectivity index (χ1) is 8.81. The van der Waals surface area contributed by atoms with Crippen molar-refractivity contribution in [2.75, 3.05) is 0 Å². The lowest BCUT2D eigenvalue weighted by atomic mass is 10.0. The summed E-state index contributed by atoms with van der Waals surface area (Å²) in [6.07, 6.45) is 11.2. The highest BCUT2D eigenvalue weighted by atomic mass is 15.0. The summed E-state index contributed by atoms with van der Waals surface area (Å²) in [5.41, 5.74) is 2.15. The second-order valence-corrected chi connectivity index (χ2v) is 5.15. The van der Waals surface area contributed by atoms with Gasteiger partial charge in [0, 0.05) is 24.0 Å². The molecule has 1 aromatic heterocycles. The first-order valence-corrected chi connectivity index (χ1v) is 6.87. The van der Waals surface area contributed by atoms with Crippen LogP contribution < -0.4 is 5.32 Å². The summed E-state index contributed by atoms with van der Waals surface area (Å²) in [5, 5.41) is 12.9. The van der Waals surface area contributed by atoms with Crippen LogP contribution >= 0.6 is 0 Å². The molecule has 18 heavy (non-hydrogen) atoms. The minimum absolute atomic E-state index is 0.221. The van der Waals surface area contributed by atoms with Crippen LogP contribution in [-0.2, 0) is 0 Å². The zero-order valence-electron chi connectivity index (χ0n) is 11.0. The highest BCUT2D eigenvalue weighted by Crippen LogP contribution is 2.22. The second kappa shape index (κ2) is 6.51. The van der Waals surface area contributed by atoms with Crippen LogP contribution in [0.5, 0.6) is 0 Å². The number of hydrogen-bond donors (Lipinski definition) is 1. The van der Waals surface area contributed by atoms with E-state index in [9.17, 15) is 5.26 Å². The average molecular weight is 243 g/mol. The molecule has 0 aromatic carbocycles. The van der Waals surface area contributed by atoms with Gasteiger partial charge in [0.15, 0.2) is 0 Å². The molecule has 3 nitrogen and oxygen atoms in total. The van der Waals surface area contributed by atoms with Gasteiger partial charge in [0.05, 0.1) is 6.07 Å². The number of aryl methyl sites for hydroxylation is 1. The number of aromatic nitrogens is 1. The van der Waals surface area contributed by atoms with Gasteiger partial charge in [-0.2, -0.15) is 5.26 Å². The van der Waals surface area contributed by atoms with Crippen LogP contribution in [0.1, 0.15) is 55.7 Å². The molecule has 1 aliphatic carbocycles. The van der Waals surface area contributed by atoms with Gasteiger partial charge >= 0.3 is 0 Å². The molecule has 0 aliphatic heterocycles. The monoisotopic (exact) mass is 243 g/mol. The number of nitrogens with one attached hydrogen (secondary N) is 1. The molecule has 1 aromatic rings. The van der Waals surface area contributed by atoms with Gasteiger partial charge < -0.3 is 0 Å². The minimum Gasteiger partial charge on any atom is -0.295 e. The van der Waals surface area contributed by atoms with Crippen molar-refractivity contribution in [2.45, 2.75) is 57.5 Å². The fraction of sp³-hybridized carbons (Fsp3) is 0.600. The average Bonchev–Trinajstić information content (AvgIpc) is 2.65. The third kappa shape index (κ3) is 3.30. The fourth-order valence-corrected chi connectivity index (χ4v) is 2.66. The van der Waals surface area contributed by atoms with E-state index >= 15 is 0 Å². The van der Waals surface area contributed by atoms with Crippen LogP contribution in [0.2, 0.25) is 0 Å². The fourth-order valence-electron chi connectivity index (χ4n) is 2.66. The highest BCUT2D eigenvalue weighted by molar-refractivity contribution is 5.29. The Labute approximate surface area is 109 Å². The Hall–Kier alpha value is -1.40. The smallest absolute Gasteiger partial charge is 0.123 e. The molecule has 1 saturated carbocycles. The maximum absolute atomic E-state index is 9.36. The van der Waals surface area contributed by atoms with Crippen molar-refractivity contribution < 1.29 is 0 Å². The van der Waals surface area contributed by atoms with E-state index < -0.39 is 0 Å². The summed E-state index contributed by atoms with van der Waals surface area (Å²) in [4.78, 5) is 4.13. The molecule has 0 saturated heterocycles. The molecule has 1 heterocycles. The summed E-state index contributed by atoms with van der Waals surface area (Å²) in [6.45, 7) is 2.04. The van der Waals surface area contributed by atoms with Gasteiger partial charge in [0.2, 0.25) is 0 Å². The van der Waals surface area contributed by atoms with Gasteiger partial charge in [-0.15, -0.1) is 0 Å². The van der Waals surface area contributed by atoms with Crippen LogP contribution in [-0.4, -0.2) is 11.0 Å². The Morgan fingerprint density at radius 3 is 2.67 bits per heavy atom. The third-order valence-electron chi connectivity index (χ3n) is 3.78. The topological polar surface area (TPSA) is 48.7 Å². The van der Waals surface area contributed by atoms with E-state index in [1.54, 1.807) is 6.20 Å². The SMILES string of the molecule is Cc1ccncc1C(C#N)NC1CCCCCC1. The van der Waals surface area contributed by atoms with E-state index in [0.717, 1.165) is 11.1 Å². The molecule has 96 valence electrons. The van der Waals surface area contributed by atoms with Gasteiger partial charge in [0.25, 0.3) is 0 Å². The number of rotatable bonds is 3. The molecule has 2 rings (SSSR count). The van der Waals surface area contributed by atoms with E-state index in [1.165, 1.54) is 38.5 Å². The van der Waals surface area contributed by atoms with Gasteiger partial charge in [-0.25, -0.2) is 0 Å². The van der Waals surface area contributed by atoms with E-state index in [1.807, 2.05) is 19.2 Å². The largest absolute Gasteiger partial charge is 0.295 e. The van der Waals surface area contributed by atoms with E-state index in [0.29, 0.717) is 6.04 Å². The van der Waals surface area contributed by atoms with Crippen LogP contribution in [0.15, 0.2) is 18.5 Å². The zero-order valence-corrected chi connectivity index (χ0v) is 11.0. The maximum Gasteiger partial charge on any atom is 0.123 e. The highest BCUT2D eigenvalue weighted by Gasteiger charge is 2.19. The van der Waals surface area contributed by atoms with Crippen LogP contribution in [0.4, 0.5) is 0 Å². The van der Waals surface area contributed by atoms with Crippen molar-refractivity contribution in [1.82, 2.24) is 10.3 Å². The molecular formula is C15H21N3. The van der Waals surface area contributed by atoms with Crippen molar-refractivity contribution in [2.24, 2.45) is 0 Å². The van der Waals surface area contributed by atoms with Crippen molar-refractivity contribution in [1.29, 1.82) is 5.26 Å². The van der Waals surface area contributed by atoms with E-state index in [4.69, 9.17) is 0 Å². The number of nitrogens with zero attached hydrogens (tertiary/aromatic N) is 2. The molecule has 0 amide bonds. The Balaban J connectivity index is 2.05. The Kier molecular flexibility index (Phi) is 4.72. The number of hydrogen-bond acceptors (Lipinski definition) is 3. The lowest BCUT2D eigenvalue weighted by molar-refractivity contribution is 0.435. The Bertz CT molecular complexity index is 414. The minimum atomic E-state index is -0.221. The zero-order chi connectivity index (χ0) is 12.8. The van der Waals surface area contributed by atoms with Crippen molar-refractivity contribution in [3.05, 3.63) is 29.6 Å². The second-order valence-electron chi connectivity index (χ2n) is 5.15. The quantitative estimate of drug-likeness (QED) is 0.829. The van der Waals surface area contributed by atoms with Gasteiger partial charge in [-0.05, 0) is 31.4 Å². The summed E-state index contributed by atoms with van der Waals surface area (Å²) >= 11 is 0. The van der Waals surface area contributed by atoms with Crippen LogP contribution in [0.25, 0.3) is 0 Å². The molecule has 0 radical (unpaired) electrons. The first-order valence-electron chi connectivity index (χ1n) is 6.87. The number of nitriles is 1. The molecular weight excluding hydrogens is 222 g/mol. The first kappa shape index (κ1) is 13.0.